The fourth-order valence-electron chi connectivity index (χ4n) is 3.30. The predicted molar refractivity (Wildman–Crippen MR) is 106 cm³/mol. The Labute approximate surface area is 159 Å². The topological polar surface area (TPSA) is 83.2 Å². The maximum atomic E-state index is 12.7. The van der Waals surface area contributed by atoms with Crippen molar-refractivity contribution in [1.29, 1.82) is 0 Å². The van der Waals surface area contributed by atoms with Crippen molar-refractivity contribution in [1.82, 2.24) is 10.3 Å². The van der Waals surface area contributed by atoms with E-state index in [-0.39, 0.29) is 11.7 Å². The van der Waals surface area contributed by atoms with Crippen molar-refractivity contribution in [2.75, 3.05) is 25.0 Å². The molecule has 1 aromatic carbocycles. The number of hydrogen-bond acceptors (Lipinski definition) is 4. The third-order valence-corrected chi connectivity index (χ3v) is 4.67. The molecule has 1 heterocycles. The lowest BCUT2D eigenvalue weighted by Crippen LogP contribution is -2.16. The number of H-pyrrole nitrogens is 1. The van der Waals surface area contributed by atoms with Gasteiger partial charge in [-0.15, -0.1) is 0 Å². The average Bonchev–Trinajstić information content (AvgIpc) is 3.01. The molecule has 3 N–H and O–H groups in total. The van der Waals surface area contributed by atoms with Crippen molar-refractivity contribution < 1.29 is 14.3 Å². The number of carbonyl (C=O) groups is 2. The lowest BCUT2D eigenvalue weighted by Gasteiger charge is -2.10. The first-order valence-corrected chi connectivity index (χ1v) is 9.67. The van der Waals surface area contributed by atoms with Crippen LogP contribution in [-0.2, 0) is 6.42 Å². The normalized spacial score (nSPS) is 13.7. The van der Waals surface area contributed by atoms with Gasteiger partial charge in [-0.05, 0) is 50.9 Å². The third kappa shape index (κ3) is 4.98. The number of anilines is 1. The Balaban J connectivity index is 1.64. The molecule has 0 bridgehead atoms. The molecular weight excluding hydrogens is 342 g/mol. The van der Waals surface area contributed by atoms with Gasteiger partial charge in [-0.1, -0.05) is 13.0 Å². The lowest BCUT2D eigenvalue weighted by molar-refractivity contribution is 0.0965. The highest BCUT2D eigenvalue weighted by atomic mass is 16.5. The number of amides is 1. The van der Waals surface area contributed by atoms with Crippen LogP contribution in [0.5, 0.6) is 5.75 Å². The molecule has 0 aliphatic heterocycles. The smallest absolute Gasteiger partial charge is 0.257 e. The van der Waals surface area contributed by atoms with Gasteiger partial charge in [0.1, 0.15) is 5.75 Å². The van der Waals surface area contributed by atoms with E-state index in [9.17, 15) is 9.59 Å². The number of aromatic nitrogens is 1. The Kier molecular flexibility index (Phi) is 6.65. The van der Waals surface area contributed by atoms with Gasteiger partial charge in [-0.3, -0.25) is 9.59 Å². The van der Waals surface area contributed by atoms with Crippen molar-refractivity contribution >= 4 is 17.4 Å². The van der Waals surface area contributed by atoms with E-state index < -0.39 is 0 Å². The molecular formula is C21H27N3O3. The molecule has 0 saturated heterocycles. The molecule has 1 aliphatic rings. The second kappa shape index (κ2) is 9.37. The van der Waals surface area contributed by atoms with E-state index in [0.29, 0.717) is 35.6 Å². The zero-order chi connectivity index (χ0) is 19.1. The number of ketones is 1. The molecule has 0 saturated carbocycles. The molecule has 3 rings (SSSR count). The van der Waals surface area contributed by atoms with Gasteiger partial charge in [0, 0.05) is 30.1 Å². The van der Waals surface area contributed by atoms with E-state index >= 15 is 0 Å². The standard InChI is InChI=1S/C21H27N3O3/c1-2-22-11-6-12-27-16-8-5-7-15(13-16)24-21(26)17-14-23-18-9-3-4-10-19(25)20(17)18/h5,7-8,13-14,22-23H,2-4,6,9-12H2,1H3,(H,24,26). The number of aryl methyl sites for hydroxylation is 1. The fraction of sp³-hybridized carbons (Fsp3) is 0.429. The van der Waals surface area contributed by atoms with Gasteiger partial charge < -0.3 is 20.4 Å². The Bertz CT molecular complexity index is 798. The van der Waals surface area contributed by atoms with Crippen LogP contribution in [0.2, 0.25) is 0 Å². The van der Waals surface area contributed by atoms with E-state index in [1.807, 2.05) is 18.2 Å². The molecule has 0 radical (unpaired) electrons. The molecule has 144 valence electrons. The number of carbonyl (C=O) groups excluding carboxylic acids is 2. The van der Waals surface area contributed by atoms with Gasteiger partial charge in [0.25, 0.3) is 5.91 Å². The van der Waals surface area contributed by atoms with Crippen LogP contribution in [0, 0.1) is 0 Å². The number of ether oxygens (including phenoxy) is 1. The van der Waals surface area contributed by atoms with Crippen LogP contribution in [0.1, 0.15) is 59.0 Å². The highest BCUT2D eigenvalue weighted by Crippen LogP contribution is 2.25. The second-order valence-electron chi connectivity index (χ2n) is 6.72. The molecule has 0 unspecified atom stereocenters. The highest BCUT2D eigenvalue weighted by molar-refractivity contribution is 6.13. The Morgan fingerprint density at radius 1 is 1.26 bits per heavy atom. The van der Waals surface area contributed by atoms with Gasteiger partial charge >= 0.3 is 0 Å². The van der Waals surface area contributed by atoms with Crippen LogP contribution in [-0.4, -0.2) is 36.4 Å². The van der Waals surface area contributed by atoms with Crippen LogP contribution in [0.15, 0.2) is 30.5 Å². The summed E-state index contributed by atoms with van der Waals surface area (Å²) in [4.78, 5) is 28.2. The maximum Gasteiger partial charge on any atom is 0.257 e. The summed E-state index contributed by atoms with van der Waals surface area (Å²) in [6.07, 6.45) is 5.71. The zero-order valence-electron chi connectivity index (χ0n) is 15.8. The summed E-state index contributed by atoms with van der Waals surface area (Å²) < 4.78 is 5.74. The summed E-state index contributed by atoms with van der Waals surface area (Å²) in [5, 5.41) is 6.14. The Hall–Kier alpha value is -2.60. The molecule has 2 aromatic rings. The number of fused-ring (bicyclic) bond motifs is 1. The van der Waals surface area contributed by atoms with E-state index in [1.54, 1.807) is 12.3 Å². The quantitative estimate of drug-likeness (QED) is 0.491. The van der Waals surface area contributed by atoms with E-state index in [4.69, 9.17) is 4.74 Å². The summed E-state index contributed by atoms with van der Waals surface area (Å²) in [6, 6.07) is 7.33. The van der Waals surface area contributed by atoms with E-state index in [0.717, 1.165) is 44.5 Å². The van der Waals surface area contributed by atoms with Crippen molar-refractivity contribution in [3.05, 3.63) is 47.3 Å². The van der Waals surface area contributed by atoms with Crippen LogP contribution in [0.4, 0.5) is 5.69 Å². The molecule has 6 nitrogen and oxygen atoms in total. The molecule has 27 heavy (non-hydrogen) atoms. The minimum Gasteiger partial charge on any atom is -0.493 e. The minimum absolute atomic E-state index is 0.0478. The third-order valence-electron chi connectivity index (χ3n) is 4.67. The highest BCUT2D eigenvalue weighted by Gasteiger charge is 2.24. The number of benzene rings is 1. The number of aromatic amines is 1. The lowest BCUT2D eigenvalue weighted by atomic mass is 10.0. The second-order valence-corrected chi connectivity index (χ2v) is 6.72. The number of hydrogen-bond donors (Lipinski definition) is 3. The predicted octanol–water partition coefficient (Wildman–Crippen LogP) is 3.55. The zero-order valence-corrected chi connectivity index (χ0v) is 15.8. The van der Waals surface area contributed by atoms with Crippen molar-refractivity contribution in [3.63, 3.8) is 0 Å². The van der Waals surface area contributed by atoms with Crippen LogP contribution in [0.3, 0.4) is 0 Å². The number of nitrogens with one attached hydrogen (secondary N) is 3. The van der Waals surface area contributed by atoms with Crippen molar-refractivity contribution in [3.8, 4) is 5.75 Å². The number of rotatable bonds is 8. The monoisotopic (exact) mass is 369 g/mol. The van der Waals surface area contributed by atoms with Gasteiger partial charge in [-0.2, -0.15) is 0 Å². The molecule has 6 heteroatoms. The van der Waals surface area contributed by atoms with Gasteiger partial charge in [0.2, 0.25) is 0 Å². The van der Waals surface area contributed by atoms with Crippen LogP contribution in [0.25, 0.3) is 0 Å². The van der Waals surface area contributed by atoms with Crippen LogP contribution < -0.4 is 15.4 Å². The molecule has 0 spiro atoms. The largest absolute Gasteiger partial charge is 0.493 e. The Morgan fingerprint density at radius 2 is 2.11 bits per heavy atom. The van der Waals surface area contributed by atoms with Gasteiger partial charge in [0.15, 0.2) is 5.78 Å². The fourth-order valence-corrected chi connectivity index (χ4v) is 3.30. The summed E-state index contributed by atoms with van der Waals surface area (Å²) >= 11 is 0. The SMILES string of the molecule is CCNCCCOc1cccc(NC(=O)c2c[nH]c3c2C(=O)CCCC3)c1. The molecule has 1 aromatic heterocycles. The summed E-state index contributed by atoms with van der Waals surface area (Å²) in [5.41, 5.74) is 2.51. The van der Waals surface area contributed by atoms with Gasteiger partial charge in [-0.25, -0.2) is 0 Å². The number of Topliss-reactive ketones (excluding diaryl/α,β-unsaturated/α-hetero) is 1. The summed E-state index contributed by atoms with van der Waals surface area (Å²) in [5.74, 6) is 0.493. The first-order chi connectivity index (χ1) is 13.2. The van der Waals surface area contributed by atoms with Crippen LogP contribution >= 0.6 is 0 Å². The average molecular weight is 369 g/mol. The first-order valence-electron chi connectivity index (χ1n) is 9.67. The van der Waals surface area contributed by atoms with E-state index in [2.05, 4.69) is 22.5 Å². The molecule has 1 aliphatic carbocycles. The van der Waals surface area contributed by atoms with E-state index in [1.165, 1.54) is 0 Å². The minimum atomic E-state index is -0.271. The summed E-state index contributed by atoms with van der Waals surface area (Å²) in [7, 11) is 0. The van der Waals surface area contributed by atoms with Crippen molar-refractivity contribution in [2.24, 2.45) is 0 Å². The Morgan fingerprint density at radius 3 is 2.96 bits per heavy atom. The van der Waals surface area contributed by atoms with Gasteiger partial charge in [0.05, 0.1) is 17.7 Å². The molecule has 1 amide bonds. The van der Waals surface area contributed by atoms with Crippen molar-refractivity contribution in [2.45, 2.75) is 39.0 Å². The molecule has 0 fully saturated rings. The summed E-state index contributed by atoms with van der Waals surface area (Å²) in [6.45, 7) is 4.56. The first kappa shape index (κ1) is 19.2. The maximum absolute atomic E-state index is 12.7. The molecule has 0 atom stereocenters.